The molecule has 0 fully saturated rings. The van der Waals surface area contributed by atoms with E-state index in [4.69, 9.17) is 9.97 Å². The predicted octanol–water partition coefficient (Wildman–Crippen LogP) is 10.8. The first-order chi connectivity index (χ1) is 20.3. The fourth-order valence-corrected chi connectivity index (χ4v) is 7.48. The second kappa shape index (κ2) is 8.69. The molecular weight excluding hydrogens is 516 g/mol. The van der Waals surface area contributed by atoms with Crippen molar-refractivity contribution < 1.29 is 0 Å². The van der Waals surface area contributed by atoms with Crippen LogP contribution in [0.3, 0.4) is 0 Å². The SMILES string of the molecule is c1ccc(-c2nc(-c3ccc4c(ccc5ccc6c(ccc7sc8ccccc8c76)c54)c3)nc3ccccc23)cc1. The largest absolute Gasteiger partial charge is 0.228 e. The maximum absolute atomic E-state index is 5.11. The standard InChI is InChI=1S/C38H22N2S/c1-2-8-24(9-3-1)37-30-10-4-6-12-32(30)39-38(40-37)26-17-18-27-25(22-26)15-14-23-16-19-29-28(35(23)27)20-21-34-36(29)31-11-5-7-13-33(31)41-34/h1-22H. The van der Waals surface area contributed by atoms with Crippen molar-refractivity contribution in [1.82, 2.24) is 9.97 Å². The van der Waals surface area contributed by atoms with Gasteiger partial charge in [-0.15, -0.1) is 11.3 Å². The zero-order valence-corrected chi connectivity index (χ0v) is 22.8. The van der Waals surface area contributed by atoms with Crippen molar-refractivity contribution in [2.24, 2.45) is 0 Å². The van der Waals surface area contributed by atoms with Gasteiger partial charge in [-0.3, -0.25) is 0 Å². The number of nitrogens with zero attached hydrogens (tertiary/aromatic N) is 2. The van der Waals surface area contributed by atoms with Crippen LogP contribution >= 0.6 is 11.3 Å². The first-order valence-corrected chi connectivity index (χ1v) is 14.7. The highest BCUT2D eigenvalue weighted by atomic mass is 32.1. The third-order valence-electron chi connectivity index (χ3n) is 8.24. The summed E-state index contributed by atoms with van der Waals surface area (Å²) in [5.74, 6) is 0.744. The summed E-state index contributed by atoms with van der Waals surface area (Å²) in [4.78, 5) is 10.1. The summed E-state index contributed by atoms with van der Waals surface area (Å²) in [7, 11) is 0. The fourth-order valence-electron chi connectivity index (χ4n) is 6.35. The number of benzene rings is 7. The predicted molar refractivity (Wildman–Crippen MR) is 176 cm³/mol. The zero-order valence-electron chi connectivity index (χ0n) is 22.0. The Labute approximate surface area is 240 Å². The molecule has 3 heteroatoms. The molecular formula is C38H22N2S. The van der Waals surface area contributed by atoms with Crippen LogP contribution in [0.1, 0.15) is 0 Å². The van der Waals surface area contributed by atoms with E-state index in [2.05, 4.69) is 121 Å². The minimum absolute atomic E-state index is 0.744. The van der Waals surface area contributed by atoms with Gasteiger partial charge in [-0.1, -0.05) is 109 Å². The summed E-state index contributed by atoms with van der Waals surface area (Å²) in [6, 6.07) is 47.7. The molecule has 0 saturated carbocycles. The quantitative estimate of drug-likeness (QED) is 0.205. The Morgan fingerprint density at radius 2 is 1.12 bits per heavy atom. The molecule has 0 N–H and O–H groups in total. The van der Waals surface area contributed by atoms with E-state index in [9.17, 15) is 0 Å². The Bertz CT molecular complexity index is 2470. The molecule has 2 heterocycles. The lowest BCUT2D eigenvalue weighted by atomic mass is 9.93. The molecule has 2 nitrogen and oxygen atoms in total. The molecule has 0 atom stereocenters. The molecule has 2 aromatic heterocycles. The van der Waals surface area contributed by atoms with Crippen LogP contribution in [0.25, 0.3) is 86.0 Å². The first-order valence-electron chi connectivity index (χ1n) is 13.8. The number of para-hydroxylation sites is 1. The van der Waals surface area contributed by atoms with Gasteiger partial charge in [0.05, 0.1) is 11.2 Å². The maximum Gasteiger partial charge on any atom is 0.160 e. The molecule has 0 aliphatic carbocycles. The van der Waals surface area contributed by atoms with Gasteiger partial charge in [-0.25, -0.2) is 9.97 Å². The van der Waals surface area contributed by atoms with E-state index in [1.54, 1.807) is 0 Å². The number of fused-ring (bicyclic) bond motifs is 10. The minimum atomic E-state index is 0.744. The summed E-state index contributed by atoms with van der Waals surface area (Å²) < 4.78 is 2.67. The number of aromatic nitrogens is 2. The smallest absolute Gasteiger partial charge is 0.160 e. The molecule has 0 saturated heterocycles. The summed E-state index contributed by atoms with van der Waals surface area (Å²) in [6.45, 7) is 0. The summed E-state index contributed by atoms with van der Waals surface area (Å²) in [5.41, 5.74) is 4.03. The molecule has 190 valence electrons. The van der Waals surface area contributed by atoms with Crippen molar-refractivity contribution in [3.63, 3.8) is 0 Å². The van der Waals surface area contributed by atoms with Gasteiger partial charge in [0.25, 0.3) is 0 Å². The Balaban J connectivity index is 1.29. The van der Waals surface area contributed by atoms with Crippen molar-refractivity contribution in [2.75, 3.05) is 0 Å². The van der Waals surface area contributed by atoms with Crippen LogP contribution in [-0.4, -0.2) is 9.97 Å². The van der Waals surface area contributed by atoms with Gasteiger partial charge < -0.3 is 0 Å². The maximum atomic E-state index is 5.11. The molecule has 7 aromatic carbocycles. The van der Waals surface area contributed by atoms with Crippen LogP contribution in [0.4, 0.5) is 0 Å². The van der Waals surface area contributed by atoms with Gasteiger partial charge in [0.1, 0.15) is 0 Å². The van der Waals surface area contributed by atoms with Crippen molar-refractivity contribution in [3.05, 3.63) is 133 Å². The van der Waals surface area contributed by atoms with Crippen molar-refractivity contribution in [1.29, 1.82) is 0 Å². The van der Waals surface area contributed by atoms with Gasteiger partial charge >= 0.3 is 0 Å². The van der Waals surface area contributed by atoms with Crippen LogP contribution in [0, 0.1) is 0 Å². The van der Waals surface area contributed by atoms with Crippen molar-refractivity contribution in [3.8, 4) is 22.6 Å². The molecule has 0 aliphatic heterocycles. The molecule has 0 unspecified atom stereocenters. The lowest BCUT2D eigenvalue weighted by Gasteiger charge is -2.12. The molecule has 0 radical (unpaired) electrons. The van der Waals surface area contributed by atoms with E-state index < -0.39 is 0 Å². The van der Waals surface area contributed by atoms with Crippen LogP contribution < -0.4 is 0 Å². The molecule has 41 heavy (non-hydrogen) atoms. The molecule has 0 aliphatic rings. The molecule has 9 aromatic rings. The molecule has 0 bridgehead atoms. The van der Waals surface area contributed by atoms with E-state index in [0.29, 0.717) is 0 Å². The topological polar surface area (TPSA) is 25.8 Å². The van der Waals surface area contributed by atoms with E-state index in [1.807, 2.05) is 23.5 Å². The van der Waals surface area contributed by atoms with Gasteiger partial charge in [0.2, 0.25) is 0 Å². The second-order valence-corrected chi connectivity index (χ2v) is 11.7. The van der Waals surface area contributed by atoms with Crippen LogP contribution in [0.5, 0.6) is 0 Å². The summed E-state index contributed by atoms with van der Waals surface area (Å²) in [6.07, 6.45) is 0. The van der Waals surface area contributed by atoms with Gasteiger partial charge in [0.15, 0.2) is 5.82 Å². The number of rotatable bonds is 2. The first kappa shape index (κ1) is 22.7. The van der Waals surface area contributed by atoms with Crippen LogP contribution in [-0.2, 0) is 0 Å². The lowest BCUT2D eigenvalue weighted by Crippen LogP contribution is -1.95. The van der Waals surface area contributed by atoms with Crippen molar-refractivity contribution in [2.45, 2.75) is 0 Å². The monoisotopic (exact) mass is 538 g/mol. The van der Waals surface area contributed by atoms with Gasteiger partial charge in [-0.2, -0.15) is 0 Å². The van der Waals surface area contributed by atoms with Crippen LogP contribution in [0.15, 0.2) is 133 Å². The Kier molecular flexibility index (Phi) is 4.80. The average Bonchev–Trinajstić information content (AvgIpc) is 3.43. The lowest BCUT2D eigenvalue weighted by molar-refractivity contribution is 1.23. The Morgan fingerprint density at radius 1 is 0.415 bits per heavy atom. The second-order valence-electron chi connectivity index (χ2n) is 10.6. The Morgan fingerprint density at radius 3 is 2.05 bits per heavy atom. The molecule has 9 rings (SSSR count). The van der Waals surface area contributed by atoms with E-state index in [0.717, 1.165) is 33.5 Å². The van der Waals surface area contributed by atoms with E-state index in [1.165, 1.54) is 52.5 Å². The van der Waals surface area contributed by atoms with Gasteiger partial charge in [0, 0.05) is 36.7 Å². The highest BCUT2D eigenvalue weighted by Gasteiger charge is 2.14. The number of hydrogen-bond acceptors (Lipinski definition) is 3. The van der Waals surface area contributed by atoms with Crippen LogP contribution in [0.2, 0.25) is 0 Å². The summed E-state index contributed by atoms with van der Waals surface area (Å²) in [5, 5.41) is 11.4. The van der Waals surface area contributed by atoms with E-state index >= 15 is 0 Å². The zero-order chi connectivity index (χ0) is 26.9. The normalized spacial score (nSPS) is 11.9. The Hall–Kier alpha value is -5.12. The minimum Gasteiger partial charge on any atom is -0.228 e. The van der Waals surface area contributed by atoms with Crippen molar-refractivity contribution >= 4 is 74.7 Å². The molecule has 0 spiro atoms. The number of thiophene rings is 1. The summed E-state index contributed by atoms with van der Waals surface area (Å²) >= 11 is 1.87. The van der Waals surface area contributed by atoms with E-state index in [-0.39, 0.29) is 0 Å². The average molecular weight is 539 g/mol. The highest BCUT2D eigenvalue weighted by molar-refractivity contribution is 7.26. The van der Waals surface area contributed by atoms with Gasteiger partial charge in [-0.05, 0) is 56.6 Å². The fraction of sp³-hybridized carbons (Fsp3) is 0. The third kappa shape index (κ3) is 3.43. The number of hydrogen-bond donors (Lipinski definition) is 0. The third-order valence-corrected chi connectivity index (χ3v) is 9.38. The highest BCUT2D eigenvalue weighted by Crippen LogP contribution is 2.42. The molecule has 0 amide bonds.